The lowest BCUT2D eigenvalue weighted by molar-refractivity contribution is 0.262. The molecule has 0 saturated heterocycles. The highest BCUT2D eigenvalue weighted by Crippen LogP contribution is 2.10. The van der Waals surface area contributed by atoms with Gasteiger partial charge in [-0.15, -0.1) is 0 Å². The second kappa shape index (κ2) is 4.98. The molecule has 0 spiro atoms. The number of nitrogens with zero attached hydrogens (tertiary/aromatic N) is 1. The van der Waals surface area contributed by atoms with Gasteiger partial charge in [0.15, 0.2) is 0 Å². The number of urea groups is 1. The monoisotopic (exact) mass is 228 g/mol. The topological polar surface area (TPSA) is 80.0 Å². The summed E-state index contributed by atoms with van der Waals surface area (Å²) in [6, 6.07) is 11.8. The van der Waals surface area contributed by atoms with Gasteiger partial charge < -0.3 is 11.1 Å². The summed E-state index contributed by atoms with van der Waals surface area (Å²) in [6.07, 6.45) is 1.61. The van der Waals surface area contributed by atoms with Crippen LogP contribution in [0.1, 0.15) is 0 Å². The summed E-state index contributed by atoms with van der Waals surface area (Å²) in [7, 11) is 0. The Labute approximate surface area is 98.7 Å². The van der Waals surface area contributed by atoms with Crippen LogP contribution in [-0.2, 0) is 0 Å². The van der Waals surface area contributed by atoms with E-state index in [1.807, 2.05) is 0 Å². The molecule has 1 heterocycles. The van der Waals surface area contributed by atoms with Crippen LogP contribution in [0.5, 0.6) is 0 Å². The van der Waals surface area contributed by atoms with E-state index in [9.17, 15) is 4.79 Å². The van der Waals surface area contributed by atoms with E-state index >= 15 is 0 Å². The van der Waals surface area contributed by atoms with Crippen molar-refractivity contribution in [2.24, 2.45) is 0 Å². The maximum absolute atomic E-state index is 11.6. The standard InChI is InChI=1S/C12H12N4O/c13-9-4-6-10(7-5-9)15-12(17)16-11-3-1-2-8-14-11/h1-8H,13H2,(H2,14,15,16,17). The number of nitrogen functional groups attached to an aromatic ring is 1. The highest BCUT2D eigenvalue weighted by atomic mass is 16.2. The first kappa shape index (κ1) is 10.9. The molecule has 17 heavy (non-hydrogen) atoms. The van der Waals surface area contributed by atoms with E-state index in [-0.39, 0.29) is 6.03 Å². The second-order valence-corrected chi connectivity index (χ2v) is 3.42. The molecule has 0 unspecified atom stereocenters. The van der Waals surface area contributed by atoms with Crippen LogP contribution in [0.2, 0.25) is 0 Å². The maximum Gasteiger partial charge on any atom is 0.324 e. The molecule has 86 valence electrons. The number of hydrogen-bond donors (Lipinski definition) is 3. The van der Waals surface area contributed by atoms with Crippen molar-refractivity contribution < 1.29 is 4.79 Å². The van der Waals surface area contributed by atoms with Crippen molar-refractivity contribution in [2.45, 2.75) is 0 Å². The average Bonchev–Trinajstić information content (AvgIpc) is 2.33. The minimum atomic E-state index is -0.339. The molecule has 0 bridgehead atoms. The van der Waals surface area contributed by atoms with Crippen molar-refractivity contribution in [3.05, 3.63) is 48.7 Å². The Kier molecular flexibility index (Phi) is 3.20. The fourth-order valence-corrected chi connectivity index (χ4v) is 1.28. The van der Waals surface area contributed by atoms with E-state index in [0.717, 1.165) is 0 Å². The molecule has 0 saturated carbocycles. The van der Waals surface area contributed by atoms with Crippen molar-refractivity contribution in [1.82, 2.24) is 4.98 Å². The highest BCUT2D eigenvalue weighted by Gasteiger charge is 2.02. The zero-order chi connectivity index (χ0) is 12.1. The van der Waals surface area contributed by atoms with E-state index in [1.165, 1.54) is 0 Å². The molecule has 5 heteroatoms. The van der Waals surface area contributed by atoms with Crippen molar-refractivity contribution in [3.63, 3.8) is 0 Å². The molecule has 1 aromatic heterocycles. The summed E-state index contributed by atoms with van der Waals surface area (Å²) in [6.45, 7) is 0. The minimum absolute atomic E-state index is 0.339. The number of nitrogens with two attached hydrogens (primary N) is 1. The van der Waals surface area contributed by atoms with E-state index in [2.05, 4.69) is 15.6 Å². The van der Waals surface area contributed by atoms with Gasteiger partial charge in [-0.1, -0.05) is 6.07 Å². The maximum atomic E-state index is 11.6. The zero-order valence-corrected chi connectivity index (χ0v) is 9.05. The number of aromatic nitrogens is 1. The van der Waals surface area contributed by atoms with Crippen LogP contribution >= 0.6 is 0 Å². The van der Waals surface area contributed by atoms with Crippen molar-refractivity contribution >= 4 is 23.2 Å². The summed E-state index contributed by atoms with van der Waals surface area (Å²) in [4.78, 5) is 15.6. The summed E-state index contributed by atoms with van der Waals surface area (Å²) in [5, 5.41) is 5.28. The lowest BCUT2D eigenvalue weighted by atomic mass is 10.3. The van der Waals surface area contributed by atoms with Gasteiger partial charge in [-0.25, -0.2) is 9.78 Å². The molecule has 0 aliphatic carbocycles. The van der Waals surface area contributed by atoms with Gasteiger partial charge in [-0.2, -0.15) is 0 Å². The quantitative estimate of drug-likeness (QED) is 0.690. The van der Waals surface area contributed by atoms with E-state index in [1.54, 1.807) is 48.7 Å². The summed E-state index contributed by atoms with van der Waals surface area (Å²) in [5.41, 5.74) is 6.87. The Morgan fingerprint density at radius 3 is 2.47 bits per heavy atom. The molecular formula is C12H12N4O. The number of rotatable bonds is 2. The molecule has 1 aromatic carbocycles. The lowest BCUT2D eigenvalue weighted by Gasteiger charge is -2.06. The molecule has 2 aromatic rings. The molecule has 4 N–H and O–H groups in total. The molecule has 2 rings (SSSR count). The summed E-state index contributed by atoms with van der Waals surface area (Å²) >= 11 is 0. The van der Waals surface area contributed by atoms with Crippen molar-refractivity contribution in [1.29, 1.82) is 0 Å². The third-order valence-corrected chi connectivity index (χ3v) is 2.08. The van der Waals surface area contributed by atoms with Gasteiger partial charge >= 0.3 is 6.03 Å². The Bertz CT molecular complexity index is 496. The Hall–Kier alpha value is -2.56. The van der Waals surface area contributed by atoms with Gasteiger partial charge in [0.25, 0.3) is 0 Å². The number of benzene rings is 1. The predicted molar refractivity (Wildman–Crippen MR) is 67.7 cm³/mol. The number of hydrogen-bond acceptors (Lipinski definition) is 3. The van der Waals surface area contributed by atoms with Crippen LogP contribution < -0.4 is 16.4 Å². The number of amides is 2. The average molecular weight is 228 g/mol. The molecule has 0 fully saturated rings. The van der Waals surface area contributed by atoms with E-state index < -0.39 is 0 Å². The Balaban J connectivity index is 1.96. The fraction of sp³-hybridized carbons (Fsp3) is 0. The van der Waals surface area contributed by atoms with Gasteiger partial charge in [0, 0.05) is 17.6 Å². The van der Waals surface area contributed by atoms with Crippen LogP contribution in [0.25, 0.3) is 0 Å². The van der Waals surface area contributed by atoms with Gasteiger partial charge in [0.2, 0.25) is 0 Å². The predicted octanol–water partition coefficient (Wildman–Crippen LogP) is 2.31. The highest BCUT2D eigenvalue weighted by molar-refractivity contribution is 5.99. The number of nitrogens with one attached hydrogen (secondary N) is 2. The second-order valence-electron chi connectivity index (χ2n) is 3.42. The van der Waals surface area contributed by atoms with Gasteiger partial charge in [0.05, 0.1) is 0 Å². The molecule has 5 nitrogen and oxygen atoms in total. The first-order valence-corrected chi connectivity index (χ1v) is 5.08. The summed E-state index contributed by atoms with van der Waals surface area (Å²) < 4.78 is 0. The molecule has 0 aliphatic heterocycles. The summed E-state index contributed by atoms with van der Waals surface area (Å²) in [5.74, 6) is 0.500. The molecule has 0 radical (unpaired) electrons. The molecule has 2 amide bonds. The lowest BCUT2D eigenvalue weighted by Crippen LogP contribution is -2.19. The molecule has 0 aliphatic rings. The van der Waals surface area contributed by atoms with Gasteiger partial charge in [-0.3, -0.25) is 5.32 Å². The number of carbonyl (C=O) groups is 1. The fourth-order valence-electron chi connectivity index (χ4n) is 1.28. The van der Waals surface area contributed by atoms with Crippen molar-refractivity contribution in [3.8, 4) is 0 Å². The van der Waals surface area contributed by atoms with Crippen molar-refractivity contribution in [2.75, 3.05) is 16.4 Å². The van der Waals surface area contributed by atoms with Crippen LogP contribution in [0.3, 0.4) is 0 Å². The molecular weight excluding hydrogens is 216 g/mol. The number of anilines is 3. The smallest absolute Gasteiger partial charge is 0.324 e. The zero-order valence-electron chi connectivity index (χ0n) is 9.05. The first-order valence-electron chi connectivity index (χ1n) is 5.08. The largest absolute Gasteiger partial charge is 0.399 e. The van der Waals surface area contributed by atoms with E-state index in [0.29, 0.717) is 17.2 Å². The van der Waals surface area contributed by atoms with Gasteiger partial charge in [0.1, 0.15) is 5.82 Å². The molecule has 0 atom stereocenters. The third kappa shape index (κ3) is 3.20. The minimum Gasteiger partial charge on any atom is -0.399 e. The number of pyridine rings is 1. The normalized spacial score (nSPS) is 9.65. The first-order chi connectivity index (χ1) is 8.24. The Morgan fingerprint density at radius 2 is 1.82 bits per heavy atom. The van der Waals surface area contributed by atoms with Crippen LogP contribution in [0, 0.1) is 0 Å². The third-order valence-electron chi connectivity index (χ3n) is 2.08. The van der Waals surface area contributed by atoms with Crippen LogP contribution in [0.4, 0.5) is 22.0 Å². The van der Waals surface area contributed by atoms with Crippen LogP contribution in [0.15, 0.2) is 48.7 Å². The van der Waals surface area contributed by atoms with E-state index in [4.69, 9.17) is 5.73 Å². The Morgan fingerprint density at radius 1 is 1.06 bits per heavy atom. The SMILES string of the molecule is Nc1ccc(NC(=O)Nc2ccccn2)cc1. The van der Waals surface area contributed by atoms with Gasteiger partial charge in [-0.05, 0) is 36.4 Å². The number of carbonyl (C=O) groups excluding carboxylic acids is 1. The van der Waals surface area contributed by atoms with Crippen LogP contribution in [-0.4, -0.2) is 11.0 Å².